The lowest BCUT2D eigenvalue weighted by Crippen LogP contribution is -2.16. The quantitative estimate of drug-likeness (QED) is 0.670. The van der Waals surface area contributed by atoms with E-state index < -0.39 is 0 Å². The summed E-state index contributed by atoms with van der Waals surface area (Å²) < 4.78 is 21.9. The summed E-state index contributed by atoms with van der Waals surface area (Å²) in [6.07, 6.45) is 0. The van der Waals surface area contributed by atoms with Crippen LogP contribution in [0.2, 0.25) is 0 Å². The number of methoxy groups -OCH3 is 1. The first-order valence-corrected chi connectivity index (χ1v) is 9.64. The number of hydrogen-bond donors (Lipinski definition) is 1. The van der Waals surface area contributed by atoms with Crippen LogP contribution in [-0.2, 0) is 6.61 Å². The van der Waals surface area contributed by atoms with Crippen LogP contribution >= 0.6 is 11.3 Å². The Kier molecular flexibility index (Phi) is 5.34. The molecule has 1 aliphatic heterocycles. The zero-order valence-electron chi connectivity index (χ0n) is 15.3. The van der Waals surface area contributed by atoms with Gasteiger partial charge in [-0.15, -0.1) is 11.3 Å². The van der Waals surface area contributed by atoms with Gasteiger partial charge in [0.25, 0.3) is 5.91 Å². The van der Waals surface area contributed by atoms with Gasteiger partial charge in [-0.25, -0.2) is 0 Å². The molecule has 1 N–H and O–H groups in total. The minimum atomic E-state index is -0.169. The zero-order chi connectivity index (χ0) is 19.3. The molecule has 7 heteroatoms. The second-order valence-electron chi connectivity index (χ2n) is 6.10. The summed E-state index contributed by atoms with van der Waals surface area (Å²) in [7, 11) is 1.62. The summed E-state index contributed by atoms with van der Waals surface area (Å²) in [5.74, 6) is 2.69. The van der Waals surface area contributed by atoms with Gasteiger partial charge in [0.05, 0.1) is 12.0 Å². The summed E-state index contributed by atoms with van der Waals surface area (Å²) in [5.41, 5.74) is 1.60. The van der Waals surface area contributed by atoms with Crippen molar-refractivity contribution in [3.63, 3.8) is 0 Å². The topological polar surface area (TPSA) is 66.0 Å². The molecule has 0 bridgehead atoms. The molecule has 0 atom stereocenters. The highest BCUT2D eigenvalue weighted by molar-refractivity contribution is 7.12. The Hall–Kier alpha value is -3.19. The van der Waals surface area contributed by atoms with Gasteiger partial charge in [0.1, 0.15) is 31.3 Å². The maximum atomic E-state index is 12.5. The van der Waals surface area contributed by atoms with Crippen LogP contribution in [-0.4, -0.2) is 26.2 Å². The lowest BCUT2D eigenvalue weighted by atomic mass is 10.2. The first kappa shape index (κ1) is 18.2. The van der Waals surface area contributed by atoms with Crippen LogP contribution in [0.3, 0.4) is 0 Å². The number of carbonyl (C=O) groups is 1. The molecule has 0 saturated carbocycles. The van der Waals surface area contributed by atoms with Crippen molar-refractivity contribution in [2.75, 3.05) is 25.6 Å². The molecule has 6 nitrogen and oxygen atoms in total. The smallest absolute Gasteiger partial charge is 0.265 e. The number of rotatable bonds is 6. The molecule has 2 heterocycles. The molecule has 0 spiro atoms. The van der Waals surface area contributed by atoms with Crippen molar-refractivity contribution < 1.29 is 23.7 Å². The SMILES string of the molecule is COc1ccc(OCc2csc(C(=O)Nc3ccc4c(c3)OCCO4)c2)cc1. The average Bonchev–Trinajstić information content (AvgIpc) is 3.22. The highest BCUT2D eigenvalue weighted by Gasteiger charge is 2.14. The van der Waals surface area contributed by atoms with Crippen LogP contribution in [0.5, 0.6) is 23.0 Å². The van der Waals surface area contributed by atoms with Crippen LogP contribution in [0.25, 0.3) is 0 Å². The second-order valence-corrected chi connectivity index (χ2v) is 7.01. The third-order valence-corrected chi connectivity index (χ3v) is 5.12. The summed E-state index contributed by atoms with van der Waals surface area (Å²) in [4.78, 5) is 13.1. The molecule has 144 valence electrons. The van der Waals surface area contributed by atoms with E-state index in [1.165, 1.54) is 11.3 Å². The molecule has 28 heavy (non-hydrogen) atoms. The fourth-order valence-electron chi connectivity index (χ4n) is 2.72. The summed E-state index contributed by atoms with van der Waals surface area (Å²) in [5, 5.41) is 4.81. The maximum Gasteiger partial charge on any atom is 0.265 e. The Balaban J connectivity index is 1.36. The van der Waals surface area contributed by atoms with Gasteiger partial charge in [-0.05, 0) is 47.8 Å². The molecule has 0 radical (unpaired) electrons. The molecule has 1 aliphatic rings. The number of ether oxygens (including phenoxy) is 4. The Morgan fingerprint density at radius 2 is 1.79 bits per heavy atom. The molecule has 1 amide bonds. The Morgan fingerprint density at radius 3 is 2.57 bits per heavy atom. The number of nitrogens with one attached hydrogen (secondary N) is 1. The molecular formula is C21H19NO5S. The molecule has 3 aromatic rings. The predicted molar refractivity (Wildman–Crippen MR) is 107 cm³/mol. The van der Waals surface area contributed by atoms with Gasteiger partial charge in [0.15, 0.2) is 11.5 Å². The van der Waals surface area contributed by atoms with Crippen LogP contribution < -0.4 is 24.3 Å². The van der Waals surface area contributed by atoms with E-state index in [0.717, 1.165) is 17.1 Å². The van der Waals surface area contributed by atoms with Crippen molar-refractivity contribution in [3.05, 3.63) is 64.4 Å². The Morgan fingerprint density at radius 1 is 1.04 bits per heavy atom. The number of thiophene rings is 1. The molecular weight excluding hydrogens is 378 g/mol. The number of benzene rings is 2. The van der Waals surface area contributed by atoms with Crippen LogP contribution in [0.1, 0.15) is 15.2 Å². The van der Waals surface area contributed by atoms with Crippen molar-refractivity contribution >= 4 is 22.9 Å². The lowest BCUT2D eigenvalue weighted by Gasteiger charge is -2.18. The molecule has 0 unspecified atom stereocenters. The highest BCUT2D eigenvalue weighted by atomic mass is 32.1. The van der Waals surface area contributed by atoms with Gasteiger partial charge >= 0.3 is 0 Å². The van der Waals surface area contributed by atoms with Crippen LogP contribution in [0.15, 0.2) is 53.9 Å². The predicted octanol–water partition coefficient (Wildman–Crippen LogP) is 4.36. The van der Waals surface area contributed by atoms with Crippen LogP contribution in [0.4, 0.5) is 5.69 Å². The summed E-state index contributed by atoms with van der Waals surface area (Å²) in [6.45, 7) is 1.43. The summed E-state index contributed by atoms with van der Waals surface area (Å²) >= 11 is 1.38. The fourth-order valence-corrected chi connectivity index (χ4v) is 3.51. The molecule has 1 aromatic heterocycles. The molecule has 0 fully saturated rings. The van der Waals surface area contributed by atoms with Crippen molar-refractivity contribution in [3.8, 4) is 23.0 Å². The van der Waals surface area contributed by atoms with E-state index in [1.807, 2.05) is 35.7 Å². The number of amides is 1. The zero-order valence-corrected chi connectivity index (χ0v) is 16.1. The van der Waals surface area contributed by atoms with Crippen LogP contribution in [0, 0.1) is 0 Å². The van der Waals surface area contributed by atoms with E-state index in [0.29, 0.717) is 41.9 Å². The fraction of sp³-hybridized carbons (Fsp3) is 0.190. The second kappa shape index (κ2) is 8.22. The number of fused-ring (bicyclic) bond motifs is 1. The van der Waals surface area contributed by atoms with Gasteiger partial charge in [0, 0.05) is 17.3 Å². The van der Waals surface area contributed by atoms with Gasteiger partial charge in [-0.1, -0.05) is 0 Å². The van der Waals surface area contributed by atoms with Crippen molar-refractivity contribution in [1.82, 2.24) is 0 Å². The minimum Gasteiger partial charge on any atom is -0.497 e. The molecule has 0 saturated heterocycles. The lowest BCUT2D eigenvalue weighted by molar-refractivity contribution is 0.103. The minimum absolute atomic E-state index is 0.169. The first-order chi connectivity index (χ1) is 13.7. The number of hydrogen-bond acceptors (Lipinski definition) is 6. The Bertz CT molecular complexity index is 967. The largest absolute Gasteiger partial charge is 0.497 e. The first-order valence-electron chi connectivity index (χ1n) is 8.76. The van der Waals surface area contributed by atoms with Gasteiger partial charge < -0.3 is 24.3 Å². The van der Waals surface area contributed by atoms with Gasteiger partial charge in [0.2, 0.25) is 0 Å². The van der Waals surface area contributed by atoms with E-state index in [1.54, 1.807) is 25.3 Å². The highest BCUT2D eigenvalue weighted by Crippen LogP contribution is 2.33. The molecule has 2 aromatic carbocycles. The van der Waals surface area contributed by atoms with Gasteiger partial charge in [-0.3, -0.25) is 4.79 Å². The normalized spacial score (nSPS) is 12.3. The van der Waals surface area contributed by atoms with E-state index in [-0.39, 0.29) is 5.91 Å². The van der Waals surface area contributed by atoms with E-state index in [4.69, 9.17) is 18.9 Å². The molecule has 4 rings (SSSR count). The van der Waals surface area contributed by atoms with E-state index in [2.05, 4.69) is 5.32 Å². The van der Waals surface area contributed by atoms with E-state index >= 15 is 0 Å². The average molecular weight is 397 g/mol. The summed E-state index contributed by atoms with van der Waals surface area (Å²) in [6, 6.07) is 14.6. The standard InChI is InChI=1S/C21H19NO5S/c1-24-16-3-5-17(6-4-16)27-12-14-10-20(28-13-14)21(23)22-15-2-7-18-19(11-15)26-9-8-25-18/h2-7,10-11,13H,8-9,12H2,1H3,(H,22,23). The third kappa shape index (κ3) is 4.20. The van der Waals surface area contributed by atoms with Crippen molar-refractivity contribution in [2.45, 2.75) is 6.61 Å². The molecule has 0 aliphatic carbocycles. The Labute approximate surface area is 166 Å². The van der Waals surface area contributed by atoms with Gasteiger partial charge in [-0.2, -0.15) is 0 Å². The van der Waals surface area contributed by atoms with Crippen molar-refractivity contribution in [2.24, 2.45) is 0 Å². The monoisotopic (exact) mass is 397 g/mol. The number of anilines is 1. The third-order valence-electron chi connectivity index (χ3n) is 4.14. The number of carbonyl (C=O) groups excluding carboxylic acids is 1. The maximum absolute atomic E-state index is 12.5. The van der Waals surface area contributed by atoms with E-state index in [9.17, 15) is 4.79 Å². The van der Waals surface area contributed by atoms with Crippen molar-refractivity contribution in [1.29, 1.82) is 0 Å².